The molecule has 0 spiro atoms. The van der Waals surface area contributed by atoms with Gasteiger partial charge in [-0.15, -0.1) is 0 Å². The number of hydrogen-bond donors (Lipinski definition) is 1. The van der Waals surface area contributed by atoms with E-state index < -0.39 is 0 Å². The zero-order valence-electron chi connectivity index (χ0n) is 9.90. The molecule has 1 heterocycles. The molecule has 1 aromatic heterocycles. The Morgan fingerprint density at radius 1 is 1.33 bits per heavy atom. The van der Waals surface area contributed by atoms with Crippen LogP contribution in [0.25, 0.3) is 0 Å². The molecule has 5 heteroatoms. The van der Waals surface area contributed by atoms with Crippen LogP contribution < -0.4 is 5.32 Å². The summed E-state index contributed by atoms with van der Waals surface area (Å²) >= 11 is 3.44. The molecule has 94 valence electrons. The molecule has 0 radical (unpaired) electrons. The van der Waals surface area contributed by atoms with Crippen molar-refractivity contribution in [2.24, 2.45) is 0 Å². The van der Waals surface area contributed by atoms with Gasteiger partial charge >= 0.3 is 0 Å². The highest BCUT2D eigenvalue weighted by Crippen LogP contribution is 2.24. The van der Waals surface area contributed by atoms with Crippen molar-refractivity contribution in [2.45, 2.75) is 12.5 Å². The van der Waals surface area contributed by atoms with Crippen molar-refractivity contribution in [1.29, 1.82) is 0 Å². The molecule has 0 aliphatic carbocycles. The summed E-state index contributed by atoms with van der Waals surface area (Å²) in [6, 6.07) is 6.70. The van der Waals surface area contributed by atoms with Crippen molar-refractivity contribution in [1.82, 2.24) is 15.5 Å². The van der Waals surface area contributed by atoms with E-state index >= 15 is 0 Å². The molecule has 1 N–H and O–H groups in total. The Morgan fingerprint density at radius 2 is 2.17 bits per heavy atom. The molecular formula is C13H13BrFN3. The number of nitrogens with one attached hydrogen (secondary N) is 1. The van der Waals surface area contributed by atoms with E-state index in [1.807, 2.05) is 13.1 Å². The Labute approximate surface area is 114 Å². The van der Waals surface area contributed by atoms with Crippen LogP contribution in [-0.2, 0) is 6.42 Å². The Morgan fingerprint density at radius 3 is 2.83 bits per heavy atom. The summed E-state index contributed by atoms with van der Waals surface area (Å²) in [5.41, 5.74) is 1.95. The van der Waals surface area contributed by atoms with Crippen LogP contribution in [-0.4, -0.2) is 17.2 Å². The molecular weight excluding hydrogens is 297 g/mol. The van der Waals surface area contributed by atoms with Gasteiger partial charge in [0.25, 0.3) is 0 Å². The molecule has 0 bridgehead atoms. The van der Waals surface area contributed by atoms with Crippen LogP contribution in [0.4, 0.5) is 4.39 Å². The topological polar surface area (TPSA) is 37.8 Å². The minimum absolute atomic E-state index is 0.0820. The normalized spacial score (nSPS) is 12.4. The van der Waals surface area contributed by atoms with Crippen molar-refractivity contribution in [3.8, 4) is 0 Å². The number of nitrogens with zero attached hydrogens (tertiary/aromatic N) is 2. The minimum Gasteiger partial charge on any atom is -0.313 e. The van der Waals surface area contributed by atoms with E-state index in [1.165, 1.54) is 6.07 Å². The van der Waals surface area contributed by atoms with Gasteiger partial charge in [0, 0.05) is 16.7 Å². The van der Waals surface area contributed by atoms with Crippen LogP contribution in [0.1, 0.15) is 17.2 Å². The monoisotopic (exact) mass is 309 g/mol. The van der Waals surface area contributed by atoms with Crippen molar-refractivity contribution >= 4 is 15.9 Å². The molecule has 2 aromatic rings. The SMILES string of the molecule is CNC(Cc1cc(F)ccc1Br)c1ccnnc1. The maximum atomic E-state index is 13.2. The van der Waals surface area contributed by atoms with Crippen molar-refractivity contribution < 1.29 is 4.39 Å². The summed E-state index contributed by atoms with van der Waals surface area (Å²) in [7, 11) is 1.87. The van der Waals surface area contributed by atoms with Crippen LogP contribution >= 0.6 is 15.9 Å². The van der Waals surface area contributed by atoms with Gasteiger partial charge in [-0.25, -0.2) is 4.39 Å². The molecule has 0 saturated heterocycles. The van der Waals surface area contributed by atoms with Gasteiger partial charge in [0.2, 0.25) is 0 Å². The van der Waals surface area contributed by atoms with Crippen LogP contribution in [0.3, 0.4) is 0 Å². The number of hydrogen-bond acceptors (Lipinski definition) is 3. The van der Waals surface area contributed by atoms with E-state index in [1.54, 1.807) is 24.5 Å². The second-order valence-electron chi connectivity index (χ2n) is 3.96. The molecule has 1 unspecified atom stereocenters. The summed E-state index contributed by atoms with van der Waals surface area (Å²) in [5.74, 6) is -0.226. The number of likely N-dealkylation sites (N-methyl/N-ethyl adjacent to an activating group) is 1. The Balaban J connectivity index is 2.23. The molecule has 1 atom stereocenters. The number of benzene rings is 1. The zero-order chi connectivity index (χ0) is 13.0. The summed E-state index contributed by atoms with van der Waals surface area (Å²) in [6.07, 6.45) is 4.05. The maximum Gasteiger partial charge on any atom is 0.123 e. The largest absolute Gasteiger partial charge is 0.313 e. The lowest BCUT2D eigenvalue weighted by atomic mass is 10.0. The second-order valence-corrected chi connectivity index (χ2v) is 4.81. The molecule has 2 rings (SSSR count). The number of halogens is 2. The maximum absolute atomic E-state index is 13.2. The number of rotatable bonds is 4. The van der Waals surface area contributed by atoms with Crippen LogP contribution in [0.15, 0.2) is 41.1 Å². The predicted octanol–water partition coefficient (Wildman–Crippen LogP) is 2.88. The first-order chi connectivity index (χ1) is 8.70. The average Bonchev–Trinajstić information content (AvgIpc) is 2.41. The first-order valence-electron chi connectivity index (χ1n) is 5.58. The fraction of sp³-hybridized carbons (Fsp3) is 0.231. The predicted molar refractivity (Wildman–Crippen MR) is 71.6 cm³/mol. The van der Waals surface area contributed by atoms with Gasteiger partial charge in [0.1, 0.15) is 5.82 Å². The Hall–Kier alpha value is -1.33. The van der Waals surface area contributed by atoms with E-state index in [0.29, 0.717) is 6.42 Å². The lowest BCUT2D eigenvalue weighted by Crippen LogP contribution is -2.19. The summed E-state index contributed by atoms with van der Waals surface area (Å²) in [4.78, 5) is 0. The van der Waals surface area contributed by atoms with Gasteiger partial charge in [-0.1, -0.05) is 15.9 Å². The molecule has 0 aliphatic rings. The van der Waals surface area contributed by atoms with Gasteiger partial charge < -0.3 is 5.32 Å². The third kappa shape index (κ3) is 3.11. The highest BCUT2D eigenvalue weighted by molar-refractivity contribution is 9.10. The molecule has 0 saturated carbocycles. The lowest BCUT2D eigenvalue weighted by molar-refractivity contribution is 0.579. The zero-order valence-corrected chi connectivity index (χ0v) is 11.5. The second kappa shape index (κ2) is 6.02. The van der Waals surface area contributed by atoms with Crippen LogP contribution in [0.2, 0.25) is 0 Å². The fourth-order valence-corrected chi connectivity index (χ4v) is 2.22. The van der Waals surface area contributed by atoms with Crippen LogP contribution in [0.5, 0.6) is 0 Å². The smallest absolute Gasteiger partial charge is 0.123 e. The third-order valence-electron chi connectivity index (χ3n) is 2.79. The van der Waals surface area contributed by atoms with Crippen LogP contribution in [0, 0.1) is 5.82 Å². The first kappa shape index (κ1) is 13.1. The van der Waals surface area contributed by atoms with Gasteiger partial charge in [-0.05, 0) is 48.9 Å². The first-order valence-corrected chi connectivity index (χ1v) is 6.38. The highest BCUT2D eigenvalue weighted by atomic mass is 79.9. The van der Waals surface area contributed by atoms with Gasteiger partial charge in [-0.3, -0.25) is 0 Å². The van der Waals surface area contributed by atoms with E-state index in [4.69, 9.17) is 0 Å². The fourth-order valence-electron chi connectivity index (χ4n) is 1.81. The number of aromatic nitrogens is 2. The lowest BCUT2D eigenvalue weighted by Gasteiger charge is -2.17. The summed E-state index contributed by atoms with van der Waals surface area (Å²) < 4.78 is 14.1. The summed E-state index contributed by atoms with van der Waals surface area (Å²) in [6.45, 7) is 0. The van der Waals surface area contributed by atoms with Crippen molar-refractivity contribution in [3.63, 3.8) is 0 Å². The van der Waals surface area contributed by atoms with Gasteiger partial charge in [-0.2, -0.15) is 10.2 Å². The van der Waals surface area contributed by atoms with E-state index in [2.05, 4.69) is 31.4 Å². The van der Waals surface area contributed by atoms with Crippen molar-refractivity contribution in [3.05, 3.63) is 58.1 Å². The van der Waals surface area contributed by atoms with E-state index in [0.717, 1.165) is 15.6 Å². The standard InChI is InChI=1S/C13H13BrFN3/c1-16-13(9-4-5-17-18-8-9)7-10-6-11(15)2-3-12(10)14/h2-6,8,13,16H,7H2,1H3. The van der Waals surface area contributed by atoms with Gasteiger partial charge in [0.15, 0.2) is 0 Å². The molecule has 0 aliphatic heterocycles. The Kier molecular flexibility index (Phi) is 4.38. The Bertz CT molecular complexity index is 519. The molecule has 0 fully saturated rings. The summed E-state index contributed by atoms with van der Waals surface area (Å²) in [5, 5.41) is 10.8. The quantitative estimate of drug-likeness (QED) is 0.943. The van der Waals surface area contributed by atoms with E-state index in [-0.39, 0.29) is 11.9 Å². The molecule has 3 nitrogen and oxygen atoms in total. The van der Waals surface area contributed by atoms with Gasteiger partial charge in [0.05, 0.1) is 6.20 Å². The highest BCUT2D eigenvalue weighted by Gasteiger charge is 2.12. The third-order valence-corrected chi connectivity index (χ3v) is 3.56. The molecule has 18 heavy (non-hydrogen) atoms. The van der Waals surface area contributed by atoms with E-state index in [9.17, 15) is 4.39 Å². The molecule has 0 amide bonds. The minimum atomic E-state index is -0.226. The average molecular weight is 310 g/mol. The molecule has 1 aromatic carbocycles. The van der Waals surface area contributed by atoms with Crippen molar-refractivity contribution in [2.75, 3.05) is 7.05 Å².